The van der Waals surface area contributed by atoms with Crippen molar-refractivity contribution < 1.29 is 18.5 Å². The van der Waals surface area contributed by atoms with E-state index in [0.29, 0.717) is 31.2 Å². The van der Waals surface area contributed by atoms with Crippen molar-refractivity contribution in [2.24, 2.45) is 0 Å². The van der Waals surface area contributed by atoms with E-state index in [9.17, 15) is 4.79 Å². The molecule has 2 aromatic rings. The number of hydrogen-bond donors (Lipinski definition) is 0. The molecule has 1 aliphatic rings. The molecule has 0 N–H and O–H groups in total. The van der Waals surface area contributed by atoms with Gasteiger partial charge in [-0.3, -0.25) is 4.79 Å². The lowest BCUT2D eigenvalue weighted by Gasteiger charge is -2.21. The number of carbonyl (C=O) groups is 1. The molecule has 0 saturated heterocycles. The molecule has 6 nitrogen and oxygen atoms in total. The maximum atomic E-state index is 12.4. The molecule has 0 radical (unpaired) electrons. The van der Waals surface area contributed by atoms with Crippen LogP contribution in [0.2, 0.25) is 0 Å². The summed E-state index contributed by atoms with van der Waals surface area (Å²) in [5.74, 6) is 1.27. The third-order valence-electron chi connectivity index (χ3n) is 4.06. The average Bonchev–Trinajstić information content (AvgIpc) is 3.18. The second-order valence-electron chi connectivity index (χ2n) is 5.32. The summed E-state index contributed by atoms with van der Waals surface area (Å²) in [7, 11) is 0. The van der Waals surface area contributed by atoms with Crippen LogP contribution < -0.4 is 0 Å². The number of aryl methyl sites for hydroxylation is 1. The lowest BCUT2D eigenvalue weighted by atomic mass is 9.86. The molecule has 0 spiro atoms. The van der Waals surface area contributed by atoms with Gasteiger partial charge in [-0.15, -0.1) is 0 Å². The minimum Gasteiger partial charge on any atom is -0.469 e. The number of rotatable bonds is 4. The van der Waals surface area contributed by atoms with Gasteiger partial charge in [0, 0.05) is 0 Å². The van der Waals surface area contributed by atoms with Crippen LogP contribution in [0, 0.1) is 6.92 Å². The Morgan fingerprint density at radius 2 is 2.19 bits per heavy atom. The average molecular weight is 290 g/mol. The second-order valence-corrected chi connectivity index (χ2v) is 5.32. The minimum absolute atomic E-state index is 0.262. The smallest absolute Gasteiger partial charge is 0.321 e. The fourth-order valence-electron chi connectivity index (χ4n) is 2.90. The summed E-state index contributed by atoms with van der Waals surface area (Å²) in [4.78, 5) is 16.8. The van der Waals surface area contributed by atoms with E-state index in [-0.39, 0.29) is 5.97 Å². The zero-order valence-electron chi connectivity index (χ0n) is 12.2. The van der Waals surface area contributed by atoms with Crippen molar-refractivity contribution >= 4 is 5.97 Å². The first-order valence-corrected chi connectivity index (χ1v) is 7.23. The number of aromatic nitrogens is 2. The summed E-state index contributed by atoms with van der Waals surface area (Å²) < 4.78 is 15.9. The topological polar surface area (TPSA) is 78.4 Å². The standard InChI is InChI=1S/C15H18N2O4/c1-3-19-14(18)15(7-4-5-8-15)13-16-12(17-21-13)11-6-9-20-10(11)2/h6,9H,3-5,7-8H2,1-2H3. The highest BCUT2D eigenvalue weighted by Gasteiger charge is 2.49. The van der Waals surface area contributed by atoms with Crippen molar-refractivity contribution in [3.8, 4) is 11.4 Å². The zero-order chi connectivity index (χ0) is 14.9. The summed E-state index contributed by atoms with van der Waals surface area (Å²) in [6.07, 6.45) is 4.88. The molecule has 21 heavy (non-hydrogen) atoms. The molecule has 0 aliphatic heterocycles. The number of esters is 1. The third kappa shape index (κ3) is 2.24. The molecule has 112 valence electrons. The highest BCUT2D eigenvalue weighted by atomic mass is 16.5. The van der Waals surface area contributed by atoms with E-state index in [2.05, 4.69) is 10.1 Å². The van der Waals surface area contributed by atoms with Gasteiger partial charge < -0.3 is 13.7 Å². The lowest BCUT2D eigenvalue weighted by molar-refractivity contribution is -0.151. The molecule has 6 heteroatoms. The Bertz CT molecular complexity index is 638. The molecule has 0 atom stereocenters. The Balaban J connectivity index is 1.96. The Kier molecular flexibility index (Phi) is 3.53. The van der Waals surface area contributed by atoms with Gasteiger partial charge >= 0.3 is 5.97 Å². The maximum Gasteiger partial charge on any atom is 0.321 e. The Morgan fingerprint density at radius 3 is 2.81 bits per heavy atom. The number of furan rings is 1. The van der Waals surface area contributed by atoms with Crippen LogP contribution in [-0.4, -0.2) is 22.7 Å². The van der Waals surface area contributed by atoms with Crippen LogP contribution in [0.1, 0.15) is 44.3 Å². The molecule has 0 unspecified atom stereocenters. The molecular formula is C15H18N2O4. The van der Waals surface area contributed by atoms with E-state index >= 15 is 0 Å². The molecule has 0 aromatic carbocycles. The van der Waals surface area contributed by atoms with Gasteiger partial charge in [0.05, 0.1) is 18.4 Å². The first-order chi connectivity index (χ1) is 10.2. The van der Waals surface area contributed by atoms with E-state index in [1.807, 2.05) is 6.92 Å². The van der Waals surface area contributed by atoms with Gasteiger partial charge in [0.15, 0.2) is 0 Å². The van der Waals surface area contributed by atoms with Crippen molar-refractivity contribution in [2.75, 3.05) is 6.61 Å². The normalized spacial score (nSPS) is 17.0. The summed E-state index contributed by atoms with van der Waals surface area (Å²) >= 11 is 0. The van der Waals surface area contributed by atoms with Gasteiger partial charge in [-0.05, 0) is 32.8 Å². The molecule has 3 rings (SSSR count). The van der Waals surface area contributed by atoms with Crippen LogP contribution in [0.5, 0.6) is 0 Å². The largest absolute Gasteiger partial charge is 0.469 e. The first kappa shape index (κ1) is 13.9. The Hall–Kier alpha value is -2.11. The van der Waals surface area contributed by atoms with Crippen LogP contribution in [0.3, 0.4) is 0 Å². The fourth-order valence-corrected chi connectivity index (χ4v) is 2.90. The predicted molar refractivity (Wildman–Crippen MR) is 73.5 cm³/mol. The Morgan fingerprint density at radius 1 is 1.43 bits per heavy atom. The van der Waals surface area contributed by atoms with Crippen LogP contribution >= 0.6 is 0 Å². The van der Waals surface area contributed by atoms with E-state index in [0.717, 1.165) is 24.2 Å². The Labute approximate surface area is 122 Å². The fraction of sp³-hybridized carbons (Fsp3) is 0.533. The quantitative estimate of drug-likeness (QED) is 0.805. The van der Waals surface area contributed by atoms with Crippen LogP contribution in [0.25, 0.3) is 11.4 Å². The number of carbonyl (C=O) groups excluding carboxylic acids is 1. The van der Waals surface area contributed by atoms with E-state index in [1.54, 1.807) is 19.3 Å². The van der Waals surface area contributed by atoms with E-state index in [4.69, 9.17) is 13.7 Å². The highest BCUT2D eigenvalue weighted by molar-refractivity contribution is 5.82. The van der Waals surface area contributed by atoms with Gasteiger partial charge in [0.1, 0.15) is 11.2 Å². The van der Waals surface area contributed by atoms with Crippen molar-refractivity contribution in [1.82, 2.24) is 10.1 Å². The van der Waals surface area contributed by atoms with Crippen LogP contribution in [-0.2, 0) is 14.9 Å². The van der Waals surface area contributed by atoms with Crippen molar-refractivity contribution in [2.45, 2.75) is 44.9 Å². The van der Waals surface area contributed by atoms with Gasteiger partial charge in [0.25, 0.3) is 0 Å². The van der Waals surface area contributed by atoms with Gasteiger partial charge in [0.2, 0.25) is 11.7 Å². The van der Waals surface area contributed by atoms with Crippen molar-refractivity contribution in [1.29, 1.82) is 0 Å². The molecule has 2 aromatic heterocycles. The van der Waals surface area contributed by atoms with Gasteiger partial charge in [-0.2, -0.15) is 4.98 Å². The summed E-state index contributed by atoms with van der Waals surface area (Å²) in [5.41, 5.74) is 0.000766. The number of nitrogens with zero attached hydrogens (tertiary/aromatic N) is 2. The summed E-state index contributed by atoms with van der Waals surface area (Å²) in [6, 6.07) is 1.79. The maximum absolute atomic E-state index is 12.4. The zero-order valence-corrected chi connectivity index (χ0v) is 12.2. The van der Waals surface area contributed by atoms with E-state index in [1.165, 1.54) is 0 Å². The molecule has 0 amide bonds. The molecular weight excluding hydrogens is 272 g/mol. The van der Waals surface area contributed by atoms with Crippen LogP contribution in [0.4, 0.5) is 0 Å². The number of hydrogen-bond acceptors (Lipinski definition) is 6. The van der Waals surface area contributed by atoms with Gasteiger partial charge in [-0.1, -0.05) is 18.0 Å². The van der Waals surface area contributed by atoms with E-state index < -0.39 is 5.41 Å². The summed E-state index contributed by atoms with van der Waals surface area (Å²) in [6.45, 7) is 3.99. The second kappa shape index (κ2) is 5.35. The SMILES string of the molecule is CCOC(=O)C1(c2nc(-c3ccoc3C)no2)CCCC1. The number of ether oxygens (including phenoxy) is 1. The first-order valence-electron chi connectivity index (χ1n) is 7.23. The highest BCUT2D eigenvalue weighted by Crippen LogP contribution is 2.42. The minimum atomic E-state index is -0.779. The van der Waals surface area contributed by atoms with Crippen molar-refractivity contribution in [3.05, 3.63) is 24.0 Å². The molecule has 1 saturated carbocycles. The third-order valence-corrected chi connectivity index (χ3v) is 4.06. The molecule has 0 bridgehead atoms. The van der Waals surface area contributed by atoms with Crippen molar-refractivity contribution in [3.63, 3.8) is 0 Å². The summed E-state index contributed by atoms with van der Waals surface area (Å²) in [5, 5.41) is 4.00. The molecule has 1 aliphatic carbocycles. The predicted octanol–water partition coefficient (Wildman–Crippen LogP) is 3.01. The molecule has 2 heterocycles. The monoisotopic (exact) mass is 290 g/mol. The van der Waals surface area contributed by atoms with Crippen LogP contribution in [0.15, 0.2) is 21.3 Å². The molecule has 1 fully saturated rings. The van der Waals surface area contributed by atoms with Gasteiger partial charge in [-0.25, -0.2) is 0 Å². The lowest BCUT2D eigenvalue weighted by Crippen LogP contribution is -2.35.